The second-order valence-electron chi connectivity index (χ2n) is 7.12. The van der Waals surface area contributed by atoms with Crippen LogP contribution in [0.5, 0.6) is 0 Å². The van der Waals surface area contributed by atoms with Crippen LogP contribution >= 0.6 is 15.9 Å². The fraction of sp³-hybridized carbons (Fsp3) is 0.647. The van der Waals surface area contributed by atoms with Crippen molar-refractivity contribution in [2.75, 3.05) is 19.6 Å². The summed E-state index contributed by atoms with van der Waals surface area (Å²) in [7, 11) is 0. The zero-order valence-corrected chi connectivity index (χ0v) is 14.7. The van der Waals surface area contributed by atoms with Gasteiger partial charge in [0.25, 0.3) is 0 Å². The molecule has 0 aromatic heterocycles. The number of benzene rings is 1. The first-order valence-corrected chi connectivity index (χ1v) is 8.32. The average molecular weight is 339 g/mol. The molecule has 0 bridgehead atoms. The van der Waals surface area contributed by atoms with Crippen molar-refractivity contribution in [2.24, 2.45) is 17.1 Å². The summed E-state index contributed by atoms with van der Waals surface area (Å²) in [5.74, 6) is 0.765. The molecule has 1 aromatic carbocycles. The second kappa shape index (κ2) is 6.17. The highest BCUT2D eigenvalue weighted by atomic mass is 79.9. The third-order valence-electron chi connectivity index (χ3n) is 4.62. The molecule has 20 heavy (non-hydrogen) atoms. The lowest BCUT2D eigenvalue weighted by Crippen LogP contribution is -2.33. The molecule has 0 amide bonds. The molecule has 0 saturated carbocycles. The molecule has 3 heteroatoms. The molecular weight excluding hydrogens is 312 g/mol. The Morgan fingerprint density at radius 2 is 2.10 bits per heavy atom. The van der Waals surface area contributed by atoms with E-state index in [2.05, 4.69) is 66.7 Å². The van der Waals surface area contributed by atoms with E-state index >= 15 is 0 Å². The van der Waals surface area contributed by atoms with Crippen molar-refractivity contribution in [3.05, 3.63) is 33.8 Å². The first kappa shape index (κ1) is 16.0. The van der Waals surface area contributed by atoms with E-state index in [1.165, 1.54) is 22.0 Å². The van der Waals surface area contributed by atoms with E-state index in [-0.39, 0.29) is 0 Å². The molecule has 112 valence electrons. The number of aryl methyl sites for hydroxylation is 1. The van der Waals surface area contributed by atoms with Crippen molar-refractivity contribution < 1.29 is 0 Å². The van der Waals surface area contributed by atoms with Crippen molar-refractivity contribution in [1.82, 2.24) is 4.90 Å². The third kappa shape index (κ3) is 3.44. The number of hydrogen-bond acceptors (Lipinski definition) is 2. The molecule has 2 atom stereocenters. The maximum Gasteiger partial charge on any atom is 0.0481 e. The summed E-state index contributed by atoms with van der Waals surface area (Å²) in [6.07, 6.45) is 1.28. The van der Waals surface area contributed by atoms with Gasteiger partial charge < -0.3 is 5.73 Å². The van der Waals surface area contributed by atoms with Crippen LogP contribution in [0.3, 0.4) is 0 Å². The van der Waals surface area contributed by atoms with Gasteiger partial charge in [-0.15, -0.1) is 0 Å². The lowest BCUT2D eigenvalue weighted by Gasteiger charge is -2.31. The SMILES string of the molecule is Cc1ccc(C(CN)N2CCC(C(C)(C)C)C2)c(Br)c1. The van der Waals surface area contributed by atoms with Gasteiger partial charge in [0.1, 0.15) is 0 Å². The van der Waals surface area contributed by atoms with E-state index < -0.39 is 0 Å². The van der Waals surface area contributed by atoms with E-state index in [4.69, 9.17) is 5.73 Å². The minimum absolute atomic E-state index is 0.331. The van der Waals surface area contributed by atoms with Gasteiger partial charge in [0.05, 0.1) is 0 Å². The molecule has 0 aliphatic carbocycles. The number of nitrogens with two attached hydrogens (primary N) is 1. The molecule has 0 spiro atoms. The molecule has 2 unspecified atom stereocenters. The van der Waals surface area contributed by atoms with Crippen LogP contribution in [-0.2, 0) is 0 Å². The summed E-state index contributed by atoms with van der Waals surface area (Å²) in [4.78, 5) is 2.56. The van der Waals surface area contributed by atoms with Crippen LogP contribution in [0, 0.1) is 18.3 Å². The Hall–Kier alpha value is -0.380. The summed E-state index contributed by atoms with van der Waals surface area (Å²) in [5, 5.41) is 0. The predicted molar refractivity (Wildman–Crippen MR) is 89.8 cm³/mol. The van der Waals surface area contributed by atoms with Gasteiger partial charge in [-0.1, -0.05) is 48.8 Å². The van der Waals surface area contributed by atoms with Crippen molar-refractivity contribution in [3.63, 3.8) is 0 Å². The standard InChI is InChI=1S/C17H27BrN2/c1-12-5-6-14(15(18)9-12)16(10-19)20-8-7-13(11-20)17(2,3)4/h5-6,9,13,16H,7-8,10-11,19H2,1-4H3. The van der Waals surface area contributed by atoms with Gasteiger partial charge in [0.2, 0.25) is 0 Å². The van der Waals surface area contributed by atoms with Crippen LogP contribution in [0.2, 0.25) is 0 Å². The monoisotopic (exact) mass is 338 g/mol. The predicted octanol–water partition coefficient (Wildman–Crippen LogP) is 4.13. The van der Waals surface area contributed by atoms with Crippen LogP contribution in [0.25, 0.3) is 0 Å². The van der Waals surface area contributed by atoms with Crippen LogP contribution in [0.4, 0.5) is 0 Å². The van der Waals surface area contributed by atoms with Gasteiger partial charge in [-0.3, -0.25) is 4.90 Å². The van der Waals surface area contributed by atoms with Crippen LogP contribution in [0.1, 0.15) is 44.4 Å². The Labute approximate surface area is 131 Å². The fourth-order valence-electron chi connectivity index (χ4n) is 3.15. The van der Waals surface area contributed by atoms with Crippen LogP contribution in [-0.4, -0.2) is 24.5 Å². The average Bonchev–Trinajstić information content (AvgIpc) is 2.82. The Morgan fingerprint density at radius 3 is 2.60 bits per heavy atom. The smallest absolute Gasteiger partial charge is 0.0481 e. The topological polar surface area (TPSA) is 29.3 Å². The molecule has 2 rings (SSSR count). The number of rotatable bonds is 3. The van der Waals surface area contributed by atoms with Crippen LogP contribution in [0.15, 0.2) is 22.7 Å². The van der Waals surface area contributed by atoms with Gasteiger partial charge in [-0.25, -0.2) is 0 Å². The van der Waals surface area contributed by atoms with Crippen molar-refractivity contribution in [3.8, 4) is 0 Å². The second-order valence-corrected chi connectivity index (χ2v) is 7.98. The third-order valence-corrected chi connectivity index (χ3v) is 5.31. The summed E-state index contributed by atoms with van der Waals surface area (Å²) >= 11 is 3.71. The van der Waals surface area contributed by atoms with Gasteiger partial charge >= 0.3 is 0 Å². The summed E-state index contributed by atoms with van der Waals surface area (Å²) in [5.41, 5.74) is 9.08. The molecule has 1 aliphatic rings. The summed E-state index contributed by atoms with van der Waals surface area (Å²) in [6, 6.07) is 6.92. The zero-order valence-electron chi connectivity index (χ0n) is 13.1. The fourth-order valence-corrected chi connectivity index (χ4v) is 3.91. The summed E-state index contributed by atoms with van der Waals surface area (Å²) < 4.78 is 1.19. The van der Waals surface area contributed by atoms with Gasteiger partial charge in [-0.05, 0) is 48.4 Å². The van der Waals surface area contributed by atoms with Crippen molar-refractivity contribution in [1.29, 1.82) is 0 Å². The van der Waals surface area contributed by atoms with E-state index in [9.17, 15) is 0 Å². The molecule has 1 saturated heterocycles. The Morgan fingerprint density at radius 1 is 1.40 bits per heavy atom. The normalized spacial score (nSPS) is 22.2. The first-order chi connectivity index (χ1) is 9.32. The maximum atomic E-state index is 6.08. The van der Waals surface area contributed by atoms with E-state index in [1.54, 1.807) is 0 Å². The minimum Gasteiger partial charge on any atom is -0.329 e. The number of nitrogens with zero attached hydrogens (tertiary/aromatic N) is 1. The lowest BCUT2D eigenvalue weighted by molar-refractivity contribution is 0.197. The molecule has 2 N–H and O–H groups in total. The molecule has 0 radical (unpaired) electrons. The van der Waals surface area contributed by atoms with Gasteiger partial charge in [-0.2, -0.15) is 0 Å². The maximum absolute atomic E-state index is 6.08. The lowest BCUT2D eigenvalue weighted by atomic mass is 9.80. The first-order valence-electron chi connectivity index (χ1n) is 7.53. The van der Waals surface area contributed by atoms with Crippen molar-refractivity contribution >= 4 is 15.9 Å². The highest BCUT2D eigenvalue weighted by Crippen LogP contribution is 2.38. The Kier molecular flexibility index (Phi) is 4.93. The van der Waals surface area contributed by atoms with E-state index in [0.29, 0.717) is 18.0 Å². The molecule has 1 aromatic rings. The molecular formula is C17H27BrN2. The Bertz CT molecular complexity index is 465. The zero-order chi connectivity index (χ0) is 14.9. The number of likely N-dealkylation sites (tertiary alicyclic amines) is 1. The van der Waals surface area contributed by atoms with Gasteiger partial charge in [0, 0.05) is 23.6 Å². The van der Waals surface area contributed by atoms with Gasteiger partial charge in [0.15, 0.2) is 0 Å². The van der Waals surface area contributed by atoms with Crippen LogP contribution < -0.4 is 5.73 Å². The largest absolute Gasteiger partial charge is 0.329 e. The van der Waals surface area contributed by atoms with E-state index in [1.807, 2.05) is 0 Å². The summed E-state index contributed by atoms with van der Waals surface area (Å²) in [6.45, 7) is 12.2. The van der Waals surface area contributed by atoms with E-state index in [0.717, 1.165) is 19.0 Å². The molecule has 2 nitrogen and oxygen atoms in total. The number of hydrogen-bond donors (Lipinski definition) is 1. The molecule has 1 fully saturated rings. The highest BCUT2D eigenvalue weighted by Gasteiger charge is 2.35. The number of halogens is 1. The molecule has 1 heterocycles. The highest BCUT2D eigenvalue weighted by molar-refractivity contribution is 9.10. The van der Waals surface area contributed by atoms with Crippen molar-refractivity contribution in [2.45, 2.75) is 40.2 Å². The Balaban J connectivity index is 2.17. The minimum atomic E-state index is 0.331. The molecule has 1 aliphatic heterocycles. The quantitative estimate of drug-likeness (QED) is 0.897.